The Kier molecular flexibility index (Phi) is 3.43. The highest BCUT2D eigenvalue weighted by atomic mass is 35.5. The molecule has 0 saturated carbocycles. The van der Waals surface area contributed by atoms with Gasteiger partial charge in [0.1, 0.15) is 17.3 Å². The van der Waals surface area contributed by atoms with Crippen LogP contribution in [0.25, 0.3) is 0 Å². The number of aromatic nitrogens is 2. The van der Waals surface area contributed by atoms with Gasteiger partial charge in [-0.3, -0.25) is 5.41 Å². The normalized spacial score (nSPS) is 10.1. The fraction of sp³-hybridized carbons (Fsp3) is 0.0833. The first-order valence-corrected chi connectivity index (χ1v) is 5.55. The van der Waals surface area contributed by atoms with Crippen LogP contribution in [0.4, 0.5) is 0 Å². The first-order valence-electron chi connectivity index (χ1n) is 5.17. The molecule has 0 fully saturated rings. The summed E-state index contributed by atoms with van der Waals surface area (Å²) in [6.07, 6.45) is 1.47. The highest BCUT2D eigenvalue weighted by Crippen LogP contribution is 2.28. The predicted octanol–water partition coefficient (Wildman–Crippen LogP) is 2.51. The van der Waals surface area contributed by atoms with Gasteiger partial charge in [0.2, 0.25) is 0 Å². The Morgan fingerprint density at radius 1 is 1.39 bits per heavy atom. The van der Waals surface area contributed by atoms with E-state index in [1.54, 1.807) is 12.1 Å². The van der Waals surface area contributed by atoms with Crippen molar-refractivity contribution in [1.82, 2.24) is 9.97 Å². The maximum absolute atomic E-state index is 7.29. The van der Waals surface area contributed by atoms with Gasteiger partial charge >= 0.3 is 6.01 Å². The molecule has 0 radical (unpaired) electrons. The van der Waals surface area contributed by atoms with Gasteiger partial charge in [0.05, 0.1) is 5.02 Å². The maximum Gasteiger partial charge on any atom is 0.322 e. The molecule has 1 aromatic heterocycles. The smallest absolute Gasteiger partial charge is 0.322 e. The Morgan fingerprint density at radius 2 is 2.17 bits per heavy atom. The van der Waals surface area contributed by atoms with E-state index in [1.165, 1.54) is 12.3 Å². The predicted molar refractivity (Wildman–Crippen MR) is 69.3 cm³/mol. The molecule has 6 heteroatoms. The number of ether oxygens (including phenoxy) is 1. The summed E-state index contributed by atoms with van der Waals surface area (Å²) in [4.78, 5) is 7.94. The molecule has 3 N–H and O–H groups in total. The maximum atomic E-state index is 7.29. The molecule has 92 valence electrons. The summed E-state index contributed by atoms with van der Waals surface area (Å²) in [6.45, 7) is 1.93. The molecule has 2 aromatic rings. The first-order chi connectivity index (χ1) is 8.56. The van der Waals surface area contributed by atoms with Crippen LogP contribution in [0.5, 0.6) is 11.8 Å². The molecule has 0 unspecified atom stereocenters. The van der Waals surface area contributed by atoms with Crippen LogP contribution in [0.1, 0.15) is 11.3 Å². The molecule has 0 aliphatic carbocycles. The number of hydrogen-bond donors (Lipinski definition) is 2. The minimum atomic E-state index is -0.141. The minimum Gasteiger partial charge on any atom is -0.423 e. The molecule has 0 saturated heterocycles. The fourth-order valence-corrected chi connectivity index (χ4v) is 1.48. The summed E-state index contributed by atoms with van der Waals surface area (Å²) in [5.74, 6) is 0.329. The molecular weight excluding hydrogens is 252 g/mol. The summed E-state index contributed by atoms with van der Waals surface area (Å²) in [6, 6.07) is 7.04. The second-order valence-electron chi connectivity index (χ2n) is 3.67. The lowest BCUT2D eigenvalue weighted by molar-refractivity contribution is 0.441. The van der Waals surface area contributed by atoms with Crippen molar-refractivity contribution in [3.05, 3.63) is 46.7 Å². The lowest BCUT2D eigenvalue weighted by atomic mass is 10.2. The summed E-state index contributed by atoms with van der Waals surface area (Å²) in [7, 11) is 0. The summed E-state index contributed by atoms with van der Waals surface area (Å²) < 4.78 is 5.47. The van der Waals surface area contributed by atoms with Crippen molar-refractivity contribution < 1.29 is 4.74 Å². The van der Waals surface area contributed by atoms with Crippen molar-refractivity contribution >= 4 is 17.4 Å². The molecule has 1 aromatic carbocycles. The topological polar surface area (TPSA) is 84.9 Å². The number of hydrogen-bond acceptors (Lipinski definition) is 4. The van der Waals surface area contributed by atoms with E-state index in [0.717, 1.165) is 5.56 Å². The second-order valence-corrected chi connectivity index (χ2v) is 4.08. The summed E-state index contributed by atoms with van der Waals surface area (Å²) >= 11 is 6.00. The van der Waals surface area contributed by atoms with E-state index in [1.807, 2.05) is 13.0 Å². The molecule has 0 spiro atoms. The quantitative estimate of drug-likeness (QED) is 0.657. The lowest BCUT2D eigenvalue weighted by Gasteiger charge is -2.07. The van der Waals surface area contributed by atoms with Gasteiger partial charge in [0, 0.05) is 6.20 Å². The zero-order chi connectivity index (χ0) is 13.1. The standard InChI is InChI=1S/C12H11ClN4O/c1-7-2-3-8(13)10(6-7)18-12-16-5-4-9(17-12)11(14)15/h2-6H,1H3,(H3,14,15). The second kappa shape index (κ2) is 5.01. The molecule has 1 heterocycles. The zero-order valence-electron chi connectivity index (χ0n) is 9.64. The number of benzene rings is 1. The number of aryl methyl sites for hydroxylation is 1. The van der Waals surface area contributed by atoms with Crippen LogP contribution in [-0.2, 0) is 0 Å². The average Bonchev–Trinajstić information content (AvgIpc) is 2.34. The van der Waals surface area contributed by atoms with E-state index in [2.05, 4.69) is 9.97 Å². The number of rotatable bonds is 3. The van der Waals surface area contributed by atoms with Crippen molar-refractivity contribution in [2.24, 2.45) is 5.73 Å². The molecule has 0 aliphatic rings. The van der Waals surface area contributed by atoms with Crippen molar-refractivity contribution in [1.29, 1.82) is 5.41 Å². The van der Waals surface area contributed by atoms with Crippen molar-refractivity contribution in [3.63, 3.8) is 0 Å². The van der Waals surface area contributed by atoms with E-state index in [0.29, 0.717) is 16.5 Å². The first kappa shape index (κ1) is 12.3. The highest BCUT2D eigenvalue weighted by molar-refractivity contribution is 6.32. The van der Waals surface area contributed by atoms with Gasteiger partial charge in [-0.25, -0.2) is 4.98 Å². The van der Waals surface area contributed by atoms with Gasteiger partial charge < -0.3 is 10.5 Å². The number of halogens is 1. The molecule has 0 aliphatic heterocycles. The van der Waals surface area contributed by atoms with E-state index >= 15 is 0 Å². The lowest BCUT2D eigenvalue weighted by Crippen LogP contribution is -2.13. The van der Waals surface area contributed by atoms with Crippen LogP contribution in [0, 0.1) is 12.3 Å². The minimum absolute atomic E-state index is 0.107. The fourth-order valence-electron chi connectivity index (χ4n) is 1.33. The number of amidine groups is 1. The van der Waals surface area contributed by atoms with Gasteiger partial charge in [-0.1, -0.05) is 17.7 Å². The van der Waals surface area contributed by atoms with E-state index in [-0.39, 0.29) is 11.8 Å². The van der Waals surface area contributed by atoms with Crippen LogP contribution >= 0.6 is 11.6 Å². The van der Waals surface area contributed by atoms with Crippen molar-refractivity contribution in [2.75, 3.05) is 0 Å². The van der Waals surface area contributed by atoms with Gasteiger partial charge in [0.15, 0.2) is 0 Å². The van der Waals surface area contributed by atoms with Gasteiger partial charge in [-0.05, 0) is 30.7 Å². The summed E-state index contributed by atoms with van der Waals surface area (Å²) in [5, 5.41) is 7.76. The molecule has 0 amide bonds. The monoisotopic (exact) mass is 262 g/mol. The number of nitrogen functional groups attached to an aromatic ring is 1. The third-order valence-corrected chi connectivity index (χ3v) is 2.51. The average molecular weight is 263 g/mol. The number of nitrogens with one attached hydrogen (secondary N) is 1. The molecule has 0 atom stereocenters. The van der Waals surface area contributed by atoms with Gasteiger partial charge in [-0.2, -0.15) is 4.98 Å². The Bertz CT molecular complexity index is 600. The molecule has 2 rings (SSSR count). The molecule has 5 nitrogen and oxygen atoms in total. The Hall–Kier alpha value is -2.14. The Morgan fingerprint density at radius 3 is 2.89 bits per heavy atom. The number of nitrogens with zero attached hydrogens (tertiary/aromatic N) is 2. The Balaban J connectivity index is 2.31. The van der Waals surface area contributed by atoms with E-state index in [9.17, 15) is 0 Å². The van der Waals surface area contributed by atoms with Crippen molar-refractivity contribution in [3.8, 4) is 11.8 Å². The van der Waals surface area contributed by atoms with Crippen LogP contribution in [0.15, 0.2) is 30.5 Å². The largest absolute Gasteiger partial charge is 0.423 e. The third kappa shape index (κ3) is 2.75. The van der Waals surface area contributed by atoms with Crippen LogP contribution in [0.3, 0.4) is 0 Å². The number of nitrogens with two attached hydrogens (primary N) is 1. The zero-order valence-corrected chi connectivity index (χ0v) is 10.4. The van der Waals surface area contributed by atoms with Crippen LogP contribution in [0.2, 0.25) is 5.02 Å². The van der Waals surface area contributed by atoms with E-state index < -0.39 is 0 Å². The van der Waals surface area contributed by atoms with Crippen LogP contribution < -0.4 is 10.5 Å². The van der Waals surface area contributed by atoms with Crippen LogP contribution in [-0.4, -0.2) is 15.8 Å². The van der Waals surface area contributed by atoms with Gasteiger partial charge in [-0.15, -0.1) is 0 Å². The van der Waals surface area contributed by atoms with Crippen molar-refractivity contribution in [2.45, 2.75) is 6.92 Å². The van der Waals surface area contributed by atoms with Gasteiger partial charge in [0.25, 0.3) is 0 Å². The SMILES string of the molecule is Cc1ccc(Cl)c(Oc2nccc(C(=N)N)n2)c1. The molecular formula is C12H11ClN4O. The Labute approximate surface area is 109 Å². The van der Waals surface area contributed by atoms with E-state index in [4.69, 9.17) is 27.5 Å². The molecule has 0 bridgehead atoms. The summed E-state index contributed by atoms with van der Waals surface area (Å²) in [5.41, 5.74) is 6.66. The highest BCUT2D eigenvalue weighted by Gasteiger charge is 2.07. The molecule has 18 heavy (non-hydrogen) atoms. The third-order valence-electron chi connectivity index (χ3n) is 2.20.